The van der Waals surface area contributed by atoms with Crippen LogP contribution in [-0.4, -0.2) is 26.8 Å². The number of carbonyl (C=O) groups is 1. The number of amides is 1. The number of fused-ring (bicyclic) bond motifs is 1. The van der Waals surface area contributed by atoms with Crippen molar-refractivity contribution in [3.05, 3.63) is 78.0 Å². The lowest BCUT2D eigenvalue weighted by atomic mass is 10.2. The summed E-state index contributed by atoms with van der Waals surface area (Å²) in [5, 5.41) is 2.92. The molecular weight excluding hydrogens is 371 g/mol. The van der Waals surface area contributed by atoms with Gasteiger partial charge in [-0.1, -0.05) is 6.07 Å². The highest BCUT2D eigenvalue weighted by Crippen LogP contribution is 2.22. The van der Waals surface area contributed by atoms with Crippen molar-refractivity contribution in [1.82, 2.24) is 19.7 Å². The molecule has 0 bridgehead atoms. The molecule has 0 saturated heterocycles. The molecule has 7 heteroatoms. The molecule has 3 heterocycles. The zero-order valence-corrected chi connectivity index (χ0v) is 16.1. The second-order valence-electron chi connectivity index (χ2n) is 6.83. The van der Waals surface area contributed by atoms with Crippen molar-refractivity contribution in [3.63, 3.8) is 0 Å². The van der Waals surface area contributed by atoms with Crippen LogP contribution < -0.4 is 5.32 Å². The van der Waals surface area contributed by atoms with Crippen LogP contribution in [0.25, 0.3) is 17.0 Å². The van der Waals surface area contributed by atoms with Crippen molar-refractivity contribution >= 4 is 11.4 Å². The zero-order valence-electron chi connectivity index (χ0n) is 16.1. The van der Waals surface area contributed by atoms with E-state index in [4.69, 9.17) is 4.42 Å². The summed E-state index contributed by atoms with van der Waals surface area (Å²) in [5.41, 5.74) is 2.32. The van der Waals surface area contributed by atoms with Crippen molar-refractivity contribution < 1.29 is 13.6 Å². The van der Waals surface area contributed by atoms with E-state index in [0.717, 1.165) is 24.2 Å². The smallest absolute Gasteiger partial charge is 0.226 e. The SMILES string of the molecule is Cc1oc(-c2ccc(F)cc2)nc1CC(=O)NCCCc1ncc2ccccn12. The Balaban J connectivity index is 1.29. The lowest BCUT2D eigenvalue weighted by Gasteiger charge is -2.04. The highest BCUT2D eigenvalue weighted by molar-refractivity contribution is 5.78. The largest absolute Gasteiger partial charge is 0.441 e. The quantitative estimate of drug-likeness (QED) is 0.487. The normalized spacial score (nSPS) is 11.1. The van der Waals surface area contributed by atoms with Crippen LogP contribution in [0.1, 0.15) is 23.7 Å². The summed E-state index contributed by atoms with van der Waals surface area (Å²) in [6.45, 7) is 2.33. The Bertz CT molecular complexity index is 1130. The predicted octanol–water partition coefficient (Wildman–Crippen LogP) is 3.73. The molecule has 6 nitrogen and oxygen atoms in total. The van der Waals surface area contributed by atoms with Gasteiger partial charge in [0.1, 0.15) is 17.4 Å². The number of carbonyl (C=O) groups excluding carboxylic acids is 1. The van der Waals surface area contributed by atoms with Gasteiger partial charge in [0.15, 0.2) is 0 Å². The second kappa shape index (κ2) is 8.26. The molecule has 3 aromatic heterocycles. The van der Waals surface area contributed by atoms with Crippen LogP contribution in [0.3, 0.4) is 0 Å². The number of nitrogens with zero attached hydrogens (tertiary/aromatic N) is 3. The van der Waals surface area contributed by atoms with E-state index in [1.165, 1.54) is 12.1 Å². The number of imidazole rings is 1. The maximum atomic E-state index is 13.1. The molecule has 0 atom stereocenters. The summed E-state index contributed by atoms with van der Waals surface area (Å²) in [6, 6.07) is 11.9. The Morgan fingerprint density at radius 1 is 1.21 bits per heavy atom. The number of nitrogens with one attached hydrogen (secondary N) is 1. The number of aromatic nitrogens is 3. The van der Waals surface area contributed by atoms with E-state index in [1.54, 1.807) is 19.1 Å². The fraction of sp³-hybridized carbons (Fsp3) is 0.227. The fourth-order valence-electron chi connectivity index (χ4n) is 3.18. The van der Waals surface area contributed by atoms with Gasteiger partial charge >= 0.3 is 0 Å². The van der Waals surface area contributed by atoms with E-state index >= 15 is 0 Å². The Labute approximate surface area is 167 Å². The van der Waals surface area contributed by atoms with E-state index in [9.17, 15) is 9.18 Å². The molecule has 0 aliphatic carbocycles. The highest BCUT2D eigenvalue weighted by Gasteiger charge is 2.14. The molecule has 1 amide bonds. The van der Waals surface area contributed by atoms with Crippen molar-refractivity contribution in [2.24, 2.45) is 0 Å². The summed E-state index contributed by atoms with van der Waals surface area (Å²) in [7, 11) is 0. The first-order valence-corrected chi connectivity index (χ1v) is 9.50. The van der Waals surface area contributed by atoms with Crippen LogP contribution >= 0.6 is 0 Å². The molecule has 0 fully saturated rings. The van der Waals surface area contributed by atoms with Gasteiger partial charge in [0.05, 0.1) is 23.8 Å². The predicted molar refractivity (Wildman–Crippen MR) is 107 cm³/mol. The minimum Gasteiger partial charge on any atom is -0.441 e. The molecule has 148 valence electrons. The second-order valence-corrected chi connectivity index (χ2v) is 6.83. The molecule has 29 heavy (non-hydrogen) atoms. The average molecular weight is 392 g/mol. The van der Waals surface area contributed by atoms with E-state index in [0.29, 0.717) is 29.5 Å². The number of halogens is 1. The topological polar surface area (TPSA) is 72.4 Å². The standard InChI is InChI=1S/C22H21FN4O2/c1-15-19(26-22(29-15)16-7-9-17(23)10-8-16)13-21(28)24-11-4-6-20-25-14-18-5-2-3-12-27(18)20/h2-3,5,7-10,12,14H,4,6,11,13H2,1H3,(H,24,28). The van der Waals surface area contributed by atoms with E-state index in [1.807, 2.05) is 30.6 Å². The van der Waals surface area contributed by atoms with Gasteiger partial charge in [-0.3, -0.25) is 4.79 Å². The first-order valence-electron chi connectivity index (χ1n) is 9.50. The van der Waals surface area contributed by atoms with Crippen molar-refractivity contribution in [1.29, 1.82) is 0 Å². The van der Waals surface area contributed by atoms with Crippen molar-refractivity contribution in [2.75, 3.05) is 6.54 Å². The molecule has 0 unspecified atom stereocenters. The van der Waals surface area contributed by atoms with Crippen LogP contribution in [-0.2, 0) is 17.6 Å². The molecule has 0 spiro atoms. The minimum absolute atomic E-state index is 0.111. The summed E-state index contributed by atoms with van der Waals surface area (Å²) in [4.78, 5) is 21.1. The molecule has 0 radical (unpaired) electrons. The van der Waals surface area contributed by atoms with E-state index in [-0.39, 0.29) is 18.1 Å². The number of benzene rings is 1. The number of hydrogen-bond donors (Lipinski definition) is 1. The van der Waals surface area contributed by atoms with Crippen LogP contribution in [0.2, 0.25) is 0 Å². The first kappa shape index (κ1) is 18.9. The third kappa shape index (κ3) is 4.34. The van der Waals surface area contributed by atoms with E-state index in [2.05, 4.69) is 19.7 Å². The Morgan fingerprint density at radius 3 is 2.86 bits per heavy atom. The van der Waals surface area contributed by atoms with Crippen LogP contribution in [0, 0.1) is 12.7 Å². The van der Waals surface area contributed by atoms with Crippen molar-refractivity contribution in [3.8, 4) is 11.5 Å². The van der Waals surface area contributed by atoms with Crippen LogP contribution in [0.15, 0.2) is 59.3 Å². The highest BCUT2D eigenvalue weighted by atomic mass is 19.1. The molecule has 1 aromatic carbocycles. The molecule has 4 rings (SSSR count). The first-order chi connectivity index (χ1) is 14.1. The molecule has 0 aliphatic rings. The fourth-order valence-corrected chi connectivity index (χ4v) is 3.18. The average Bonchev–Trinajstić information content (AvgIpc) is 3.30. The molecular formula is C22H21FN4O2. The Kier molecular flexibility index (Phi) is 5.37. The number of pyridine rings is 1. The number of aryl methyl sites for hydroxylation is 2. The molecule has 4 aromatic rings. The summed E-state index contributed by atoms with van der Waals surface area (Å²) < 4.78 is 20.7. The van der Waals surface area contributed by atoms with Gasteiger partial charge in [0, 0.05) is 24.7 Å². The number of hydrogen-bond acceptors (Lipinski definition) is 4. The van der Waals surface area contributed by atoms with Crippen LogP contribution in [0.5, 0.6) is 0 Å². The van der Waals surface area contributed by atoms with Gasteiger partial charge in [-0.15, -0.1) is 0 Å². The molecule has 0 saturated carbocycles. The number of oxazole rings is 1. The lowest BCUT2D eigenvalue weighted by Crippen LogP contribution is -2.26. The number of rotatable bonds is 7. The Hall–Kier alpha value is -3.48. The Morgan fingerprint density at radius 2 is 2.03 bits per heavy atom. The molecule has 1 N–H and O–H groups in total. The van der Waals surface area contributed by atoms with Gasteiger partial charge < -0.3 is 14.1 Å². The summed E-state index contributed by atoms with van der Waals surface area (Å²) in [6.07, 6.45) is 5.54. The van der Waals surface area contributed by atoms with Gasteiger partial charge in [-0.05, 0) is 49.7 Å². The van der Waals surface area contributed by atoms with Gasteiger partial charge in [0.2, 0.25) is 11.8 Å². The summed E-state index contributed by atoms with van der Waals surface area (Å²) in [5.74, 6) is 1.52. The maximum absolute atomic E-state index is 13.1. The van der Waals surface area contributed by atoms with E-state index < -0.39 is 0 Å². The van der Waals surface area contributed by atoms with Crippen molar-refractivity contribution in [2.45, 2.75) is 26.2 Å². The minimum atomic E-state index is -0.319. The monoisotopic (exact) mass is 392 g/mol. The van der Waals surface area contributed by atoms with Gasteiger partial charge in [-0.2, -0.15) is 0 Å². The lowest BCUT2D eigenvalue weighted by molar-refractivity contribution is -0.120. The zero-order chi connectivity index (χ0) is 20.2. The van der Waals surface area contributed by atoms with Gasteiger partial charge in [-0.25, -0.2) is 14.4 Å². The third-order valence-electron chi connectivity index (χ3n) is 4.73. The molecule has 0 aliphatic heterocycles. The van der Waals surface area contributed by atoms with Gasteiger partial charge in [0.25, 0.3) is 0 Å². The van der Waals surface area contributed by atoms with Crippen LogP contribution in [0.4, 0.5) is 4.39 Å². The third-order valence-corrected chi connectivity index (χ3v) is 4.73. The summed E-state index contributed by atoms with van der Waals surface area (Å²) >= 11 is 0. The maximum Gasteiger partial charge on any atom is 0.226 e.